The van der Waals surface area contributed by atoms with Crippen LogP contribution in [-0.4, -0.2) is 23.3 Å². The van der Waals surface area contributed by atoms with Crippen LogP contribution >= 0.6 is 23.4 Å². The van der Waals surface area contributed by atoms with Gasteiger partial charge in [-0.1, -0.05) is 11.6 Å². The molecule has 0 atom stereocenters. The van der Waals surface area contributed by atoms with Crippen molar-refractivity contribution in [3.05, 3.63) is 58.7 Å². The predicted octanol–water partition coefficient (Wildman–Crippen LogP) is 5.90. The van der Waals surface area contributed by atoms with E-state index in [4.69, 9.17) is 21.3 Å². The van der Waals surface area contributed by atoms with E-state index in [0.717, 1.165) is 46.5 Å². The number of amides is 1. The summed E-state index contributed by atoms with van der Waals surface area (Å²) >= 11 is 7.83. The molecular weight excluding hydrogens is 404 g/mol. The maximum atomic E-state index is 12.6. The van der Waals surface area contributed by atoms with Gasteiger partial charge < -0.3 is 10.1 Å². The third-order valence-electron chi connectivity index (χ3n) is 4.97. The summed E-state index contributed by atoms with van der Waals surface area (Å²) in [6.45, 7) is 2.57. The second-order valence-electron chi connectivity index (χ2n) is 7.03. The number of thioether (sulfide) groups is 1. The van der Waals surface area contributed by atoms with E-state index in [2.05, 4.69) is 5.32 Å². The first-order valence-corrected chi connectivity index (χ1v) is 11.3. The summed E-state index contributed by atoms with van der Waals surface area (Å²) in [5.74, 6) is 1.10. The summed E-state index contributed by atoms with van der Waals surface area (Å²) < 4.78 is 5.44. The molecule has 29 heavy (non-hydrogen) atoms. The van der Waals surface area contributed by atoms with Crippen molar-refractivity contribution in [3.8, 4) is 5.75 Å². The molecule has 3 aromatic rings. The first kappa shape index (κ1) is 20.0. The fourth-order valence-corrected chi connectivity index (χ4v) is 4.89. The third kappa shape index (κ3) is 4.68. The molecule has 0 radical (unpaired) electrons. The molecule has 0 fully saturated rings. The average molecular weight is 427 g/mol. The van der Waals surface area contributed by atoms with Crippen LogP contribution in [0, 0.1) is 0 Å². The summed E-state index contributed by atoms with van der Waals surface area (Å²) in [4.78, 5) is 18.6. The Morgan fingerprint density at radius 1 is 1.17 bits per heavy atom. The molecule has 1 heterocycles. The van der Waals surface area contributed by atoms with Crippen LogP contribution in [0.5, 0.6) is 5.75 Å². The number of nitrogens with zero attached hydrogens (tertiary/aromatic N) is 1. The molecule has 2 aromatic carbocycles. The van der Waals surface area contributed by atoms with Gasteiger partial charge in [0, 0.05) is 26.7 Å². The Labute approximate surface area is 180 Å². The van der Waals surface area contributed by atoms with Crippen molar-refractivity contribution in [2.75, 3.05) is 17.7 Å². The van der Waals surface area contributed by atoms with Gasteiger partial charge >= 0.3 is 0 Å². The molecule has 0 spiro atoms. The summed E-state index contributed by atoms with van der Waals surface area (Å²) in [6, 6.07) is 13.2. The largest absolute Gasteiger partial charge is 0.494 e. The third-order valence-corrected chi connectivity index (χ3v) is 6.36. The van der Waals surface area contributed by atoms with Crippen LogP contribution in [-0.2, 0) is 17.6 Å². The lowest BCUT2D eigenvalue weighted by Gasteiger charge is -2.20. The Kier molecular flexibility index (Phi) is 6.26. The van der Waals surface area contributed by atoms with Gasteiger partial charge in [-0.3, -0.25) is 9.78 Å². The lowest BCUT2D eigenvalue weighted by atomic mass is 9.94. The van der Waals surface area contributed by atoms with Crippen molar-refractivity contribution >= 4 is 45.9 Å². The summed E-state index contributed by atoms with van der Waals surface area (Å²) in [5, 5.41) is 4.69. The van der Waals surface area contributed by atoms with Crippen molar-refractivity contribution in [3.63, 3.8) is 0 Å². The number of aromatic nitrogens is 1. The average Bonchev–Trinajstić information content (AvgIpc) is 2.73. The van der Waals surface area contributed by atoms with E-state index in [1.54, 1.807) is 11.8 Å². The molecule has 1 amide bonds. The molecule has 150 valence electrons. The van der Waals surface area contributed by atoms with E-state index in [1.165, 1.54) is 17.7 Å². The zero-order valence-corrected chi connectivity index (χ0v) is 17.9. The zero-order chi connectivity index (χ0) is 20.2. The number of benzene rings is 2. The number of hydrogen-bond donors (Lipinski definition) is 1. The van der Waals surface area contributed by atoms with Crippen LogP contribution in [0.4, 0.5) is 5.69 Å². The van der Waals surface area contributed by atoms with E-state index in [9.17, 15) is 4.79 Å². The quantitative estimate of drug-likeness (QED) is 0.499. The number of nitrogens with one attached hydrogen (secondary N) is 1. The Bertz CT molecular complexity index is 1040. The van der Waals surface area contributed by atoms with Crippen LogP contribution in [0.25, 0.3) is 10.9 Å². The van der Waals surface area contributed by atoms with Crippen LogP contribution in [0.2, 0.25) is 5.02 Å². The summed E-state index contributed by atoms with van der Waals surface area (Å²) in [7, 11) is 0. The van der Waals surface area contributed by atoms with Gasteiger partial charge in [-0.15, -0.1) is 11.8 Å². The molecule has 4 nitrogen and oxygen atoms in total. The number of ether oxygens (including phenoxy) is 1. The van der Waals surface area contributed by atoms with Crippen molar-refractivity contribution in [2.45, 2.75) is 37.5 Å². The number of fused-ring (bicyclic) bond motifs is 2. The molecule has 1 aliphatic rings. The SMILES string of the molecule is CCOc1ccc(NC(=O)CSc2c3c(nc4ccc(Cl)cc24)CCCC3)cc1. The van der Waals surface area contributed by atoms with E-state index in [0.29, 0.717) is 17.4 Å². The van der Waals surface area contributed by atoms with Crippen LogP contribution < -0.4 is 10.1 Å². The highest BCUT2D eigenvalue weighted by molar-refractivity contribution is 8.00. The molecular formula is C23H23ClN2O2S. The van der Waals surface area contributed by atoms with Crippen molar-refractivity contribution in [1.82, 2.24) is 4.98 Å². The fourth-order valence-electron chi connectivity index (χ4n) is 3.65. The smallest absolute Gasteiger partial charge is 0.234 e. The Balaban J connectivity index is 1.52. The van der Waals surface area contributed by atoms with Gasteiger partial charge in [-0.2, -0.15) is 0 Å². The van der Waals surface area contributed by atoms with Gasteiger partial charge in [-0.25, -0.2) is 0 Å². The molecule has 0 unspecified atom stereocenters. The maximum Gasteiger partial charge on any atom is 0.234 e. The number of carbonyl (C=O) groups is 1. The summed E-state index contributed by atoms with van der Waals surface area (Å²) in [6.07, 6.45) is 4.33. The second kappa shape index (κ2) is 9.06. The molecule has 4 rings (SSSR count). The van der Waals surface area contributed by atoms with Gasteiger partial charge in [0.25, 0.3) is 0 Å². The van der Waals surface area contributed by atoms with Crippen molar-refractivity contribution < 1.29 is 9.53 Å². The zero-order valence-electron chi connectivity index (χ0n) is 16.3. The Morgan fingerprint density at radius 3 is 2.76 bits per heavy atom. The Hall–Kier alpha value is -2.24. The monoisotopic (exact) mass is 426 g/mol. The van der Waals surface area contributed by atoms with Gasteiger partial charge in [0.15, 0.2) is 0 Å². The lowest BCUT2D eigenvalue weighted by molar-refractivity contribution is -0.113. The van der Waals surface area contributed by atoms with Gasteiger partial charge in [0.2, 0.25) is 5.91 Å². The minimum atomic E-state index is -0.0318. The second-order valence-corrected chi connectivity index (χ2v) is 8.45. The number of rotatable bonds is 6. The molecule has 0 aliphatic heterocycles. The molecule has 1 aromatic heterocycles. The minimum Gasteiger partial charge on any atom is -0.494 e. The van der Waals surface area contributed by atoms with E-state index in [-0.39, 0.29) is 5.91 Å². The van der Waals surface area contributed by atoms with Crippen LogP contribution in [0.3, 0.4) is 0 Å². The molecule has 1 aliphatic carbocycles. The first-order valence-electron chi connectivity index (χ1n) is 9.90. The van der Waals surface area contributed by atoms with E-state index < -0.39 is 0 Å². The standard InChI is InChI=1S/C23H23ClN2O2S/c1-2-28-17-10-8-16(9-11-17)25-22(27)14-29-23-18-5-3-4-6-20(18)26-21-12-7-15(24)13-19(21)23/h7-13H,2-6,14H2,1H3,(H,25,27). The van der Waals surface area contributed by atoms with Gasteiger partial charge in [-0.05, 0) is 80.6 Å². The van der Waals surface area contributed by atoms with Crippen LogP contribution in [0.1, 0.15) is 31.0 Å². The topological polar surface area (TPSA) is 51.2 Å². The van der Waals surface area contributed by atoms with Crippen molar-refractivity contribution in [1.29, 1.82) is 0 Å². The lowest BCUT2D eigenvalue weighted by Crippen LogP contribution is -2.15. The highest BCUT2D eigenvalue weighted by atomic mass is 35.5. The molecule has 6 heteroatoms. The van der Waals surface area contributed by atoms with Gasteiger partial charge in [0.05, 0.1) is 17.9 Å². The summed E-state index contributed by atoms with van der Waals surface area (Å²) in [5.41, 5.74) is 4.17. The fraction of sp³-hybridized carbons (Fsp3) is 0.304. The first-order chi connectivity index (χ1) is 14.1. The number of carbonyl (C=O) groups excluding carboxylic acids is 1. The minimum absolute atomic E-state index is 0.0318. The van der Waals surface area contributed by atoms with E-state index >= 15 is 0 Å². The Morgan fingerprint density at radius 2 is 1.97 bits per heavy atom. The maximum absolute atomic E-state index is 12.6. The van der Waals surface area contributed by atoms with E-state index in [1.807, 2.05) is 49.4 Å². The predicted molar refractivity (Wildman–Crippen MR) is 120 cm³/mol. The number of anilines is 1. The normalized spacial score (nSPS) is 13.2. The van der Waals surface area contributed by atoms with Gasteiger partial charge in [0.1, 0.15) is 5.75 Å². The molecule has 1 N–H and O–H groups in total. The highest BCUT2D eigenvalue weighted by Gasteiger charge is 2.19. The molecule has 0 saturated carbocycles. The number of pyridine rings is 1. The molecule has 0 saturated heterocycles. The number of halogens is 1. The molecule has 0 bridgehead atoms. The van der Waals surface area contributed by atoms with Crippen LogP contribution in [0.15, 0.2) is 47.4 Å². The highest BCUT2D eigenvalue weighted by Crippen LogP contribution is 2.37. The number of aryl methyl sites for hydroxylation is 1. The van der Waals surface area contributed by atoms with Crippen molar-refractivity contribution in [2.24, 2.45) is 0 Å². The number of hydrogen-bond acceptors (Lipinski definition) is 4.